The van der Waals surface area contributed by atoms with Crippen LogP contribution in [0.2, 0.25) is 0 Å². The van der Waals surface area contributed by atoms with Crippen LogP contribution in [-0.2, 0) is 15.1 Å². The summed E-state index contributed by atoms with van der Waals surface area (Å²) in [7, 11) is 0. The Morgan fingerprint density at radius 1 is 1.12 bits per heavy atom. The third kappa shape index (κ3) is 6.74. The van der Waals surface area contributed by atoms with Gasteiger partial charge < -0.3 is 14.6 Å². The zero-order chi connectivity index (χ0) is 18.7. The number of nitrogens with zero attached hydrogens (tertiary/aromatic N) is 1. The minimum Gasteiger partial charge on any atom is -0.381 e. The predicted molar refractivity (Wildman–Crippen MR) is 97.5 cm³/mol. The number of carbonyl (C=O) groups is 1. The number of hydrogen-bond acceptors (Lipinski definition) is 5. The first kappa shape index (κ1) is 21.0. The monoisotopic (exact) mass is 345 g/mol. The van der Waals surface area contributed by atoms with Gasteiger partial charge in [-0.3, -0.25) is 9.78 Å². The molecular formula is C20H27NO4. The van der Waals surface area contributed by atoms with E-state index in [1.165, 1.54) is 0 Å². The van der Waals surface area contributed by atoms with Gasteiger partial charge in [0.1, 0.15) is 11.9 Å². The number of aliphatic hydroxyl groups is 1. The summed E-state index contributed by atoms with van der Waals surface area (Å²) in [6.45, 7) is 8.96. The number of aromatic nitrogens is 1. The molecule has 0 radical (unpaired) electrons. The highest BCUT2D eigenvalue weighted by molar-refractivity contribution is 5.74. The summed E-state index contributed by atoms with van der Waals surface area (Å²) in [6.07, 6.45) is 4.04. The van der Waals surface area contributed by atoms with E-state index >= 15 is 0 Å². The maximum absolute atomic E-state index is 10.6. The fraction of sp³-hybridized carbons (Fsp3) is 0.400. The molecule has 2 aromatic rings. The molecule has 0 saturated heterocycles. The van der Waals surface area contributed by atoms with Gasteiger partial charge in [0, 0.05) is 36.7 Å². The Morgan fingerprint density at radius 2 is 1.72 bits per heavy atom. The number of pyridine rings is 1. The Hall–Kier alpha value is -2.08. The van der Waals surface area contributed by atoms with Crippen molar-refractivity contribution in [1.29, 1.82) is 0 Å². The first-order chi connectivity index (χ1) is 12.0. The topological polar surface area (TPSA) is 68.7 Å². The summed E-state index contributed by atoms with van der Waals surface area (Å²) >= 11 is 0. The first-order valence-corrected chi connectivity index (χ1v) is 8.37. The van der Waals surface area contributed by atoms with Crippen molar-refractivity contribution >= 4 is 6.29 Å². The van der Waals surface area contributed by atoms with Crippen molar-refractivity contribution < 1.29 is 19.4 Å². The maximum atomic E-state index is 10.6. The highest BCUT2D eigenvalue weighted by atomic mass is 16.7. The molecule has 0 aliphatic carbocycles. The third-order valence-electron chi connectivity index (χ3n) is 3.64. The van der Waals surface area contributed by atoms with Crippen molar-refractivity contribution in [3.8, 4) is 0 Å². The van der Waals surface area contributed by atoms with Gasteiger partial charge in [-0.05, 0) is 39.3 Å². The smallest absolute Gasteiger partial charge is 0.154 e. The molecule has 0 aliphatic heterocycles. The second-order valence-corrected chi connectivity index (χ2v) is 5.53. The van der Waals surface area contributed by atoms with Crippen molar-refractivity contribution in [1.82, 2.24) is 4.98 Å². The number of ether oxygens (including phenoxy) is 2. The van der Waals surface area contributed by atoms with E-state index in [0.29, 0.717) is 5.56 Å². The fourth-order valence-electron chi connectivity index (χ4n) is 2.22. The molecule has 1 aromatic carbocycles. The van der Waals surface area contributed by atoms with Crippen molar-refractivity contribution in [2.75, 3.05) is 13.2 Å². The summed E-state index contributed by atoms with van der Waals surface area (Å²) in [5.74, 6) is 0. The number of carbonyl (C=O) groups excluding carboxylic acids is 1. The van der Waals surface area contributed by atoms with Crippen LogP contribution in [0.4, 0.5) is 0 Å². The van der Waals surface area contributed by atoms with Crippen LogP contribution in [0, 0.1) is 0 Å². The van der Waals surface area contributed by atoms with Gasteiger partial charge in [-0.15, -0.1) is 0 Å². The van der Waals surface area contributed by atoms with Gasteiger partial charge in [0.2, 0.25) is 0 Å². The quantitative estimate of drug-likeness (QED) is 0.614. The molecular weight excluding hydrogens is 318 g/mol. The van der Waals surface area contributed by atoms with Crippen LogP contribution in [-0.4, -0.2) is 35.9 Å². The van der Waals surface area contributed by atoms with Crippen LogP contribution in [0.15, 0.2) is 48.8 Å². The number of benzene rings is 1. The molecule has 1 N–H and O–H groups in total. The first-order valence-electron chi connectivity index (χ1n) is 8.37. The molecule has 1 aromatic heterocycles. The van der Waals surface area contributed by atoms with E-state index in [1.807, 2.05) is 26.8 Å². The lowest BCUT2D eigenvalue weighted by atomic mass is 9.89. The Balaban J connectivity index is 0.000000333. The maximum Gasteiger partial charge on any atom is 0.154 e. The summed E-state index contributed by atoms with van der Waals surface area (Å²) in [6, 6.07) is 10.5. The average Bonchev–Trinajstić information content (AvgIpc) is 2.63. The van der Waals surface area contributed by atoms with Crippen molar-refractivity contribution in [2.24, 2.45) is 0 Å². The molecule has 0 fully saturated rings. The number of aldehydes is 1. The molecule has 136 valence electrons. The van der Waals surface area contributed by atoms with Crippen LogP contribution >= 0.6 is 0 Å². The zero-order valence-electron chi connectivity index (χ0n) is 15.3. The summed E-state index contributed by atoms with van der Waals surface area (Å²) in [5, 5.41) is 10.5. The molecule has 5 heteroatoms. The van der Waals surface area contributed by atoms with Crippen molar-refractivity contribution in [2.45, 2.75) is 39.6 Å². The van der Waals surface area contributed by atoms with E-state index in [2.05, 4.69) is 4.98 Å². The molecule has 5 nitrogen and oxygen atoms in total. The molecule has 0 aliphatic rings. The van der Waals surface area contributed by atoms with E-state index in [4.69, 9.17) is 9.47 Å². The SMILES string of the molecule is CC(O)(c1ccc(C=O)cc1)c1cccnc1.CCOC(C)OCC. The van der Waals surface area contributed by atoms with Gasteiger partial charge in [-0.1, -0.05) is 30.3 Å². The second-order valence-electron chi connectivity index (χ2n) is 5.53. The number of hydrogen-bond donors (Lipinski definition) is 1. The Kier molecular flexibility index (Phi) is 8.99. The van der Waals surface area contributed by atoms with Gasteiger partial charge in [-0.25, -0.2) is 0 Å². The Bertz CT molecular complexity index is 605. The van der Waals surface area contributed by atoms with Gasteiger partial charge in [0.25, 0.3) is 0 Å². The molecule has 0 bridgehead atoms. The Morgan fingerprint density at radius 3 is 2.16 bits per heavy atom. The third-order valence-corrected chi connectivity index (χ3v) is 3.64. The molecule has 1 heterocycles. The van der Waals surface area contributed by atoms with E-state index in [0.717, 1.165) is 30.6 Å². The molecule has 1 atom stereocenters. The van der Waals surface area contributed by atoms with Crippen LogP contribution in [0.3, 0.4) is 0 Å². The highest BCUT2D eigenvalue weighted by Crippen LogP contribution is 2.28. The second kappa shape index (κ2) is 10.7. The minimum absolute atomic E-state index is 0.0370. The average molecular weight is 345 g/mol. The molecule has 0 spiro atoms. The van der Waals surface area contributed by atoms with E-state index < -0.39 is 5.60 Å². The van der Waals surface area contributed by atoms with E-state index in [9.17, 15) is 9.90 Å². The lowest BCUT2D eigenvalue weighted by Gasteiger charge is -2.24. The fourth-order valence-corrected chi connectivity index (χ4v) is 2.22. The molecule has 1 unspecified atom stereocenters. The summed E-state index contributed by atoms with van der Waals surface area (Å²) in [4.78, 5) is 14.6. The normalized spacial score (nSPS) is 12.9. The lowest BCUT2D eigenvalue weighted by molar-refractivity contribution is -0.123. The summed E-state index contributed by atoms with van der Waals surface area (Å²) in [5.41, 5.74) is 0.945. The molecule has 25 heavy (non-hydrogen) atoms. The standard InChI is InChI=1S/C14H13NO2.C6H14O2/c1-14(17,13-3-2-8-15-9-13)12-6-4-11(10-16)5-7-12;1-4-7-6(3)8-5-2/h2-10,17H,1H3;6H,4-5H2,1-3H3. The minimum atomic E-state index is -1.10. The van der Waals surface area contributed by atoms with Gasteiger partial charge in [-0.2, -0.15) is 0 Å². The highest BCUT2D eigenvalue weighted by Gasteiger charge is 2.25. The van der Waals surface area contributed by atoms with Crippen LogP contribution in [0.5, 0.6) is 0 Å². The molecule has 0 saturated carbocycles. The van der Waals surface area contributed by atoms with Gasteiger partial charge in [0.05, 0.1) is 0 Å². The Labute approximate surface area is 149 Å². The molecule has 0 amide bonds. The summed E-state index contributed by atoms with van der Waals surface area (Å²) < 4.78 is 10.1. The van der Waals surface area contributed by atoms with E-state index in [1.54, 1.807) is 49.6 Å². The van der Waals surface area contributed by atoms with Gasteiger partial charge in [0.15, 0.2) is 6.29 Å². The van der Waals surface area contributed by atoms with Crippen LogP contribution in [0.25, 0.3) is 0 Å². The van der Waals surface area contributed by atoms with Gasteiger partial charge >= 0.3 is 0 Å². The predicted octanol–water partition coefficient (Wildman–Crippen LogP) is 3.56. The zero-order valence-corrected chi connectivity index (χ0v) is 15.3. The largest absolute Gasteiger partial charge is 0.381 e. The van der Waals surface area contributed by atoms with Crippen molar-refractivity contribution in [3.63, 3.8) is 0 Å². The number of rotatable bonds is 7. The van der Waals surface area contributed by atoms with E-state index in [-0.39, 0.29) is 6.29 Å². The van der Waals surface area contributed by atoms with Crippen LogP contribution < -0.4 is 0 Å². The van der Waals surface area contributed by atoms with Crippen molar-refractivity contribution in [3.05, 3.63) is 65.5 Å². The van der Waals surface area contributed by atoms with Crippen LogP contribution in [0.1, 0.15) is 49.2 Å². The lowest BCUT2D eigenvalue weighted by Crippen LogP contribution is -2.22. The molecule has 2 rings (SSSR count).